The smallest absolute Gasteiger partial charge is 0.194 e. The van der Waals surface area contributed by atoms with Crippen LogP contribution < -0.4 is 11.1 Å². The van der Waals surface area contributed by atoms with E-state index in [0.717, 1.165) is 0 Å². The van der Waals surface area contributed by atoms with Gasteiger partial charge in [0.2, 0.25) is 0 Å². The van der Waals surface area contributed by atoms with Crippen LogP contribution >= 0.6 is 11.6 Å². The van der Waals surface area contributed by atoms with Gasteiger partial charge >= 0.3 is 0 Å². The zero-order valence-corrected chi connectivity index (χ0v) is 12.6. The first-order chi connectivity index (χ1) is 10.5. The highest BCUT2D eigenvalue weighted by atomic mass is 35.5. The molecule has 0 unspecified atom stereocenters. The average molecular weight is 319 g/mol. The van der Waals surface area contributed by atoms with E-state index in [1.54, 1.807) is 36.5 Å². The fourth-order valence-corrected chi connectivity index (χ4v) is 2.77. The van der Waals surface area contributed by atoms with Gasteiger partial charge in [-0.3, -0.25) is 0 Å². The molecular weight excluding hydrogens is 303 g/mol. The van der Waals surface area contributed by atoms with E-state index >= 15 is 0 Å². The number of hydrogen-bond acceptors (Lipinski definition) is 2. The average Bonchev–Trinajstić information content (AvgIpc) is 2.46. The van der Waals surface area contributed by atoms with E-state index in [1.807, 2.05) is 12.1 Å². The molecule has 22 heavy (non-hydrogen) atoms. The number of alkyl halides is 1. The topological polar surface area (TPSA) is 63.3 Å². The Labute approximate surface area is 133 Å². The van der Waals surface area contributed by atoms with Crippen LogP contribution in [0.25, 0.3) is 0 Å². The highest BCUT2D eigenvalue weighted by molar-refractivity contribution is 6.30. The summed E-state index contributed by atoms with van der Waals surface area (Å²) < 4.78 is 14.7. The van der Waals surface area contributed by atoms with Crippen molar-refractivity contribution < 1.29 is 4.39 Å². The van der Waals surface area contributed by atoms with Gasteiger partial charge in [-0.2, -0.15) is 0 Å². The number of nitrogens with one attached hydrogen (secondary N) is 1. The van der Waals surface area contributed by atoms with Gasteiger partial charge in [-0.1, -0.05) is 29.8 Å². The lowest BCUT2D eigenvalue weighted by Gasteiger charge is -2.39. The van der Waals surface area contributed by atoms with Crippen molar-refractivity contribution in [3.05, 3.63) is 59.2 Å². The largest absolute Gasteiger partial charge is 0.370 e. The molecule has 1 aromatic heterocycles. The summed E-state index contributed by atoms with van der Waals surface area (Å²) in [4.78, 5) is 8.39. The van der Waals surface area contributed by atoms with Crippen LogP contribution in [0.2, 0.25) is 5.02 Å². The molecule has 1 aliphatic rings. The molecule has 0 aliphatic heterocycles. The van der Waals surface area contributed by atoms with E-state index in [9.17, 15) is 4.39 Å². The second kappa shape index (κ2) is 5.93. The summed E-state index contributed by atoms with van der Waals surface area (Å²) in [6.07, 6.45) is 2.26. The van der Waals surface area contributed by atoms with Gasteiger partial charge in [0.1, 0.15) is 11.5 Å². The molecule has 0 atom stereocenters. The Kier molecular flexibility index (Phi) is 3.98. The van der Waals surface area contributed by atoms with Crippen molar-refractivity contribution in [3.8, 4) is 0 Å². The van der Waals surface area contributed by atoms with Crippen molar-refractivity contribution in [3.63, 3.8) is 0 Å². The number of anilines is 1. The maximum absolute atomic E-state index is 14.7. The molecule has 1 fully saturated rings. The summed E-state index contributed by atoms with van der Waals surface area (Å²) in [6.45, 7) is 0. The van der Waals surface area contributed by atoms with Crippen LogP contribution in [0.4, 0.5) is 10.2 Å². The van der Waals surface area contributed by atoms with Crippen LogP contribution in [0, 0.1) is 0 Å². The fraction of sp³-hybridized carbons (Fsp3) is 0.250. The molecule has 4 nitrogen and oxygen atoms in total. The van der Waals surface area contributed by atoms with Gasteiger partial charge in [0.15, 0.2) is 5.96 Å². The molecule has 3 N–H and O–H groups in total. The Balaban J connectivity index is 1.62. The number of rotatable bonds is 3. The van der Waals surface area contributed by atoms with Gasteiger partial charge in [-0.15, -0.1) is 0 Å². The Hall–Kier alpha value is -2.14. The summed E-state index contributed by atoms with van der Waals surface area (Å²) in [7, 11) is 0. The molecule has 114 valence electrons. The van der Waals surface area contributed by atoms with Crippen molar-refractivity contribution in [2.45, 2.75) is 24.6 Å². The van der Waals surface area contributed by atoms with Crippen molar-refractivity contribution in [1.29, 1.82) is 0 Å². The number of nitrogens with two attached hydrogens (primary N) is 1. The molecule has 0 amide bonds. The predicted molar refractivity (Wildman–Crippen MR) is 86.7 cm³/mol. The second-order valence-corrected chi connectivity index (χ2v) is 5.83. The molecule has 1 heterocycles. The highest BCUT2D eigenvalue weighted by Crippen LogP contribution is 2.47. The zero-order chi connectivity index (χ0) is 15.6. The molecule has 1 aromatic carbocycles. The minimum atomic E-state index is -1.37. The first-order valence-electron chi connectivity index (χ1n) is 7.01. The van der Waals surface area contributed by atoms with E-state index in [0.29, 0.717) is 29.2 Å². The van der Waals surface area contributed by atoms with Gasteiger partial charge in [-0.25, -0.2) is 14.4 Å². The van der Waals surface area contributed by atoms with Crippen LogP contribution in [0.1, 0.15) is 18.4 Å². The number of halogens is 2. The Morgan fingerprint density at radius 1 is 1.32 bits per heavy atom. The van der Waals surface area contributed by atoms with Crippen molar-refractivity contribution in [2.24, 2.45) is 10.7 Å². The molecule has 0 radical (unpaired) electrons. The molecule has 0 spiro atoms. The van der Waals surface area contributed by atoms with Crippen LogP contribution in [0.15, 0.2) is 53.7 Å². The number of aromatic nitrogens is 1. The van der Waals surface area contributed by atoms with E-state index < -0.39 is 5.67 Å². The molecule has 0 bridgehead atoms. The molecule has 2 aromatic rings. The fourth-order valence-electron chi connectivity index (χ4n) is 2.58. The van der Waals surface area contributed by atoms with Gasteiger partial charge in [0.25, 0.3) is 0 Å². The molecule has 6 heteroatoms. The molecule has 3 rings (SSSR count). The number of benzene rings is 1. The monoisotopic (exact) mass is 318 g/mol. The van der Waals surface area contributed by atoms with Gasteiger partial charge < -0.3 is 11.1 Å². The number of guanidine groups is 1. The maximum atomic E-state index is 14.7. The Morgan fingerprint density at radius 3 is 2.82 bits per heavy atom. The minimum absolute atomic E-state index is 0.139. The number of hydrogen-bond donors (Lipinski definition) is 2. The number of nitrogens with zero attached hydrogens (tertiary/aromatic N) is 2. The quantitative estimate of drug-likeness (QED) is 0.672. The first kappa shape index (κ1) is 14.8. The molecule has 1 saturated carbocycles. The number of pyridine rings is 1. The molecular formula is C16H16ClFN4. The van der Waals surface area contributed by atoms with Crippen LogP contribution in [0.3, 0.4) is 0 Å². The van der Waals surface area contributed by atoms with E-state index in [4.69, 9.17) is 17.3 Å². The minimum Gasteiger partial charge on any atom is -0.370 e. The predicted octanol–water partition coefficient (Wildman–Crippen LogP) is 3.49. The van der Waals surface area contributed by atoms with Crippen molar-refractivity contribution >= 4 is 23.4 Å². The third kappa shape index (κ3) is 3.20. The lowest BCUT2D eigenvalue weighted by molar-refractivity contribution is 0.0415. The van der Waals surface area contributed by atoms with Gasteiger partial charge in [-0.05, 0) is 29.8 Å². The number of aliphatic imine (C=N–C) groups is 1. The maximum Gasteiger partial charge on any atom is 0.194 e. The van der Waals surface area contributed by atoms with Crippen LogP contribution in [-0.2, 0) is 5.67 Å². The lowest BCUT2D eigenvalue weighted by Crippen LogP contribution is -2.41. The third-order valence-corrected chi connectivity index (χ3v) is 3.94. The Morgan fingerprint density at radius 2 is 2.14 bits per heavy atom. The lowest BCUT2D eigenvalue weighted by atomic mass is 9.73. The first-order valence-corrected chi connectivity index (χ1v) is 7.39. The second-order valence-electron chi connectivity index (χ2n) is 5.39. The standard InChI is InChI=1S/C16H16ClFN4/c17-12-5-3-4-11(8-12)16(18)9-13(10-16)21-15(19)22-14-6-1-2-7-20-14/h1-8,13H,9-10H2,(H3,19,20,21,22). The van der Waals surface area contributed by atoms with Crippen LogP contribution in [0.5, 0.6) is 0 Å². The zero-order valence-electron chi connectivity index (χ0n) is 11.8. The molecule has 1 aliphatic carbocycles. The summed E-state index contributed by atoms with van der Waals surface area (Å²) in [5.74, 6) is 0.862. The van der Waals surface area contributed by atoms with E-state index in [2.05, 4.69) is 15.3 Å². The van der Waals surface area contributed by atoms with Crippen LogP contribution in [-0.4, -0.2) is 17.0 Å². The normalized spacial score (nSPS) is 24.6. The summed E-state index contributed by atoms with van der Waals surface area (Å²) in [5.41, 5.74) is 5.05. The third-order valence-electron chi connectivity index (χ3n) is 3.70. The van der Waals surface area contributed by atoms with Gasteiger partial charge in [0.05, 0.1) is 6.04 Å². The van der Waals surface area contributed by atoms with Crippen molar-refractivity contribution in [1.82, 2.24) is 4.98 Å². The Bertz CT molecular complexity index is 684. The SMILES string of the molecule is NC(=NC1CC(F)(c2cccc(Cl)c2)C1)Nc1ccccn1. The van der Waals surface area contributed by atoms with Crippen molar-refractivity contribution in [2.75, 3.05) is 5.32 Å². The molecule has 0 saturated heterocycles. The van der Waals surface area contributed by atoms with E-state index in [-0.39, 0.29) is 12.0 Å². The summed E-state index contributed by atoms with van der Waals surface area (Å²) >= 11 is 5.91. The van der Waals surface area contributed by atoms with E-state index in [1.165, 1.54) is 0 Å². The van der Waals surface area contributed by atoms with Gasteiger partial charge in [0, 0.05) is 24.1 Å². The highest BCUT2D eigenvalue weighted by Gasteiger charge is 2.46. The summed E-state index contributed by atoms with van der Waals surface area (Å²) in [5, 5.41) is 3.43. The summed E-state index contributed by atoms with van der Waals surface area (Å²) in [6, 6.07) is 12.2.